The third kappa shape index (κ3) is 4.53. The Morgan fingerprint density at radius 3 is 2.55 bits per heavy atom. The lowest BCUT2D eigenvalue weighted by Crippen LogP contribution is -2.57. The summed E-state index contributed by atoms with van der Waals surface area (Å²) >= 11 is 0. The number of hydrogen-bond acceptors (Lipinski definition) is 4. The minimum Gasteiger partial charge on any atom is -0.468 e. The van der Waals surface area contributed by atoms with E-state index in [1.807, 2.05) is 44.2 Å². The normalized spacial score (nSPS) is 19.6. The lowest BCUT2D eigenvalue weighted by molar-refractivity contribution is 0.0822. The lowest BCUT2D eigenvalue weighted by atomic mass is 9.61. The average molecular weight is 450 g/mol. The molecule has 2 aromatic heterocycles. The van der Waals surface area contributed by atoms with Crippen molar-refractivity contribution >= 4 is 11.8 Å². The molecule has 172 valence electrons. The van der Waals surface area contributed by atoms with Crippen LogP contribution >= 0.6 is 0 Å². The number of hydrogen-bond donors (Lipinski definition) is 2. The predicted octanol–water partition coefficient (Wildman–Crippen LogP) is 4.25. The van der Waals surface area contributed by atoms with Gasteiger partial charge in [-0.2, -0.15) is 4.39 Å². The summed E-state index contributed by atoms with van der Waals surface area (Å²) in [5.41, 5.74) is 2.90. The number of carbonyl (C=O) groups is 2. The Hall–Kier alpha value is -3.48. The van der Waals surface area contributed by atoms with Gasteiger partial charge in [0.1, 0.15) is 5.76 Å². The van der Waals surface area contributed by atoms with Gasteiger partial charge in [-0.1, -0.05) is 37.3 Å². The maximum Gasteiger partial charge on any atom is 0.255 e. The van der Waals surface area contributed by atoms with Crippen LogP contribution < -0.4 is 10.6 Å². The molecule has 3 aromatic rings. The highest BCUT2D eigenvalue weighted by molar-refractivity contribution is 5.97. The number of nitrogens with one attached hydrogen (secondary N) is 2. The third-order valence-electron chi connectivity index (χ3n) is 6.46. The number of nitrogens with zero attached hydrogens (tertiary/aromatic N) is 1. The summed E-state index contributed by atoms with van der Waals surface area (Å²) < 4.78 is 19.0. The Bertz CT molecular complexity index is 1170. The van der Waals surface area contributed by atoms with E-state index in [1.165, 1.54) is 12.3 Å². The first kappa shape index (κ1) is 22.7. The van der Waals surface area contributed by atoms with Crippen LogP contribution in [-0.4, -0.2) is 29.4 Å². The van der Waals surface area contributed by atoms with Crippen molar-refractivity contribution in [2.45, 2.75) is 51.5 Å². The van der Waals surface area contributed by atoms with Crippen LogP contribution in [0.2, 0.25) is 0 Å². The molecule has 1 saturated carbocycles. The largest absolute Gasteiger partial charge is 0.468 e. The fourth-order valence-corrected chi connectivity index (χ4v) is 4.61. The zero-order valence-corrected chi connectivity index (χ0v) is 19.1. The van der Waals surface area contributed by atoms with E-state index in [1.54, 1.807) is 13.2 Å². The van der Waals surface area contributed by atoms with Gasteiger partial charge in [-0.05, 0) is 38.3 Å². The summed E-state index contributed by atoms with van der Waals surface area (Å²) in [5, 5.41) is 6.12. The smallest absolute Gasteiger partial charge is 0.255 e. The lowest BCUT2D eigenvalue weighted by Gasteiger charge is -2.48. The first-order valence-corrected chi connectivity index (χ1v) is 11.2. The van der Waals surface area contributed by atoms with E-state index in [0.29, 0.717) is 48.3 Å². The minimum absolute atomic E-state index is 0.0108. The van der Waals surface area contributed by atoms with E-state index in [0.717, 1.165) is 11.1 Å². The number of carbonyl (C=O) groups excluding carboxylic acids is 2. The monoisotopic (exact) mass is 449 g/mol. The van der Waals surface area contributed by atoms with Crippen LogP contribution in [0.3, 0.4) is 0 Å². The van der Waals surface area contributed by atoms with Crippen molar-refractivity contribution in [3.05, 3.63) is 88.4 Å². The molecular formula is C26H28FN3O3. The van der Waals surface area contributed by atoms with Gasteiger partial charge < -0.3 is 15.1 Å². The number of pyridine rings is 1. The van der Waals surface area contributed by atoms with Gasteiger partial charge in [-0.25, -0.2) is 4.98 Å². The second kappa shape index (κ2) is 9.17. The minimum atomic E-state index is -0.580. The zero-order valence-electron chi connectivity index (χ0n) is 19.1. The van der Waals surface area contributed by atoms with Gasteiger partial charge in [0.15, 0.2) is 0 Å². The van der Waals surface area contributed by atoms with Crippen LogP contribution in [0.15, 0.2) is 53.3 Å². The molecule has 0 saturated heterocycles. The van der Waals surface area contributed by atoms with Crippen molar-refractivity contribution < 1.29 is 18.4 Å². The van der Waals surface area contributed by atoms with Crippen molar-refractivity contribution in [1.82, 2.24) is 15.6 Å². The van der Waals surface area contributed by atoms with E-state index in [4.69, 9.17) is 4.42 Å². The molecule has 0 aliphatic heterocycles. The van der Waals surface area contributed by atoms with Crippen molar-refractivity contribution in [2.75, 3.05) is 6.54 Å². The number of benzene rings is 1. The molecule has 2 N–H and O–H groups in total. The fraction of sp³-hybridized carbons (Fsp3) is 0.346. The highest BCUT2D eigenvalue weighted by Gasteiger charge is 2.46. The molecule has 0 spiro atoms. The summed E-state index contributed by atoms with van der Waals surface area (Å²) in [6.07, 6.45) is 4.91. The Kier molecular flexibility index (Phi) is 6.31. The van der Waals surface area contributed by atoms with Crippen LogP contribution in [0.25, 0.3) is 0 Å². The van der Waals surface area contributed by atoms with Crippen molar-refractivity contribution in [3.63, 3.8) is 0 Å². The second-order valence-corrected chi connectivity index (χ2v) is 8.81. The number of halogens is 1. The van der Waals surface area contributed by atoms with Crippen molar-refractivity contribution in [2.24, 2.45) is 0 Å². The molecule has 6 nitrogen and oxygen atoms in total. The van der Waals surface area contributed by atoms with E-state index >= 15 is 0 Å². The topological polar surface area (TPSA) is 84.2 Å². The van der Waals surface area contributed by atoms with Gasteiger partial charge in [0.25, 0.3) is 11.8 Å². The molecule has 33 heavy (non-hydrogen) atoms. The molecule has 0 bridgehead atoms. The summed E-state index contributed by atoms with van der Waals surface area (Å²) in [6, 6.07) is 11.5. The van der Waals surface area contributed by atoms with Gasteiger partial charge in [0, 0.05) is 41.7 Å². The van der Waals surface area contributed by atoms with Crippen LogP contribution in [0.5, 0.6) is 0 Å². The van der Waals surface area contributed by atoms with E-state index in [-0.39, 0.29) is 23.3 Å². The Morgan fingerprint density at radius 1 is 1.15 bits per heavy atom. The fourth-order valence-electron chi connectivity index (χ4n) is 4.61. The van der Waals surface area contributed by atoms with Crippen LogP contribution in [0, 0.1) is 19.8 Å². The van der Waals surface area contributed by atoms with Crippen LogP contribution in [-0.2, 0) is 11.8 Å². The van der Waals surface area contributed by atoms with Crippen molar-refractivity contribution in [1.29, 1.82) is 0 Å². The van der Waals surface area contributed by atoms with E-state index in [9.17, 15) is 14.0 Å². The highest BCUT2D eigenvalue weighted by atomic mass is 19.1. The third-order valence-corrected chi connectivity index (χ3v) is 6.46. The average Bonchev–Trinajstić information content (AvgIpc) is 3.18. The molecule has 1 fully saturated rings. The van der Waals surface area contributed by atoms with Gasteiger partial charge in [-0.3, -0.25) is 9.59 Å². The number of aryl methyl sites for hydroxylation is 3. The molecule has 0 radical (unpaired) electrons. The SMILES string of the molecule is CCc1occ(C)c1C(=O)NC1CC(CNC(=O)c2cnc(F)c(C)c2)(c2ccccc2)C1. The number of rotatable bonds is 7. The number of amides is 2. The summed E-state index contributed by atoms with van der Waals surface area (Å²) in [5.74, 6) is -0.310. The summed E-state index contributed by atoms with van der Waals surface area (Å²) in [7, 11) is 0. The maximum absolute atomic E-state index is 13.5. The molecule has 1 aliphatic rings. The van der Waals surface area contributed by atoms with Gasteiger partial charge >= 0.3 is 0 Å². The zero-order chi connectivity index (χ0) is 23.6. The number of aromatic nitrogens is 1. The Morgan fingerprint density at radius 2 is 1.88 bits per heavy atom. The van der Waals surface area contributed by atoms with Gasteiger partial charge in [0.2, 0.25) is 5.95 Å². The van der Waals surface area contributed by atoms with Gasteiger partial charge in [-0.15, -0.1) is 0 Å². The molecular weight excluding hydrogens is 421 g/mol. The molecule has 0 atom stereocenters. The quantitative estimate of drug-likeness (QED) is 0.528. The Labute approximate surface area is 192 Å². The first-order chi connectivity index (χ1) is 15.8. The predicted molar refractivity (Wildman–Crippen MR) is 123 cm³/mol. The van der Waals surface area contributed by atoms with Crippen LogP contribution in [0.1, 0.15) is 62.9 Å². The maximum atomic E-state index is 13.5. The second-order valence-electron chi connectivity index (χ2n) is 8.81. The summed E-state index contributed by atoms with van der Waals surface area (Å²) in [4.78, 5) is 29.2. The van der Waals surface area contributed by atoms with E-state index < -0.39 is 5.95 Å². The summed E-state index contributed by atoms with van der Waals surface area (Å²) in [6.45, 7) is 5.81. The van der Waals surface area contributed by atoms with Crippen molar-refractivity contribution in [3.8, 4) is 0 Å². The molecule has 1 aromatic carbocycles. The molecule has 7 heteroatoms. The van der Waals surface area contributed by atoms with Crippen LogP contribution in [0.4, 0.5) is 4.39 Å². The molecule has 1 aliphatic carbocycles. The molecule has 2 amide bonds. The molecule has 0 unspecified atom stereocenters. The Balaban J connectivity index is 1.46. The highest BCUT2D eigenvalue weighted by Crippen LogP contribution is 2.43. The standard InChI is InChI=1S/C26H28FN3O3/c1-4-21-22(17(3)14-33-21)25(32)30-20-11-26(12-20,19-8-6-5-7-9-19)15-29-24(31)18-10-16(2)23(27)28-13-18/h5-10,13-14,20H,4,11-12,15H2,1-3H3,(H,29,31)(H,30,32). The number of furan rings is 1. The van der Waals surface area contributed by atoms with Gasteiger partial charge in [0.05, 0.1) is 17.4 Å². The van der Waals surface area contributed by atoms with E-state index in [2.05, 4.69) is 15.6 Å². The first-order valence-electron chi connectivity index (χ1n) is 11.2. The molecule has 4 rings (SSSR count). The molecule has 2 heterocycles.